The summed E-state index contributed by atoms with van der Waals surface area (Å²) in [5, 5.41) is 8.04. The van der Waals surface area contributed by atoms with Crippen molar-refractivity contribution >= 4 is 12.4 Å². The number of hydrogen-bond acceptors (Lipinski definition) is 5. The van der Waals surface area contributed by atoms with Gasteiger partial charge in [0.15, 0.2) is 0 Å². The lowest BCUT2D eigenvalue weighted by Crippen LogP contribution is -2.28. The fourth-order valence-corrected chi connectivity index (χ4v) is 7.50. The molecule has 1 unspecified atom stereocenters. The zero-order valence-electron chi connectivity index (χ0n) is 30.0. The van der Waals surface area contributed by atoms with E-state index in [0.717, 1.165) is 87.3 Å². The quantitative estimate of drug-likeness (QED) is 0.0628. The first-order valence-corrected chi connectivity index (χ1v) is 18.3. The van der Waals surface area contributed by atoms with E-state index in [4.69, 9.17) is 14.6 Å². The highest BCUT2D eigenvalue weighted by Gasteiger charge is 2.33. The van der Waals surface area contributed by atoms with Gasteiger partial charge < -0.3 is 14.6 Å². The molecule has 2 aliphatic rings. The summed E-state index contributed by atoms with van der Waals surface area (Å²) < 4.78 is 40.7. The van der Waals surface area contributed by atoms with Crippen LogP contribution in [-0.4, -0.2) is 37.4 Å². The van der Waals surface area contributed by atoms with Crippen LogP contribution in [-0.2, 0) is 25.5 Å². The topological polar surface area (TPSA) is 72.8 Å². The number of esters is 1. The minimum atomic E-state index is -0.409. The summed E-state index contributed by atoms with van der Waals surface area (Å²) in [7, 11) is 0. The summed E-state index contributed by atoms with van der Waals surface area (Å²) in [6, 6.07) is 10.7. The maximum Gasteiger partial charge on any atom is 0.333 e. The minimum Gasteiger partial charge on any atom is -0.467 e. The second-order valence-corrected chi connectivity index (χ2v) is 14.4. The van der Waals surface area contributed by atoms with Gasteiger partial charge in [-0.15, -0.1) is 0 Å². The van der Waals surface area contributed by atoms with Gasteiger partial charge in [-0.3, -0.25) is 4.79 Å². The second kappa shape index (κ2) is 21.0. The number of aryl methyl sites for hydroxylation is 1. The molecule has 1 N–H and O–H groups in total. The van der Waals surface area contributed by atoms with E-state index in [0.29, 0.717) is 40.9 Å². The van der Waals surface area contributed by atoms with E-state index in [1.807, 2.05) is 18.2 Å². The molecule has 0 saturated heterocycles. The van der Waals surface area contributed by atoms with E-state index in [2.05, 4.69) is 20.1 Å². The summed E-state index contributed by atoms with van der Waals surface area (Å²) in [6.45, 7) is 13.7. The highest BCUT2D eigenvalue weighted by molar-refractivity contribution is 5.86. The Kier molecular flexibility index (Phi) is 17.2. The first kappa shape index (κ1) is 40.1. The van der Waals surface area contributed by atoms with Crippen molar-refractivity contribution in [3.05, 3.63) is 83.5 Å². The molecule has 0 spiro atoms. The molecule has 2 aromatic rings. The smallest absolute Gasteiger partial charge is 0.333 e. The zero-order chi connectivity index (χ0) is 35.8. The summed E-state index contributed by atoms with van der Waals surface area (Å²) in [5.74, 6) is 1.19. The molecule has 0 radical (unpaired) electrons. The molecular weight excluding hydrogens is 622 g/mol. The average Bonchev–Trinajstić information content (AvgIpc) is 3.10. The fraction of sp³-hybridized carbons (Fsp3) is 0.571. The van der Waals surface area contributed by atoms with Gasteiger partial charge in [0, 0.05) is 17.1 Å². The third kappa shape index (κ3) is 13.1. The van der Waals surface area contributed by atoms with E-state index in [9.17, 15) is 14.0 Å². The molecule has 0 heterocycles. The van der Waals surface area contributed by atoms with Crippen molar-refractivity contribution in [3.63, 3.8) is 0 Å². The third-order valence-corrected chi connectivity index (χ3v) is 10.3. The largest absolute Gasteiger partial charge is 0.467 e. The van der Waals surface area contributed by atoms with Crippen LogP contribution in [0.25, 0.3) is 11.1 Å². The Morgan fingerprint density at radius 1 is 0.918 bits per heavy atom. The normalized spacial score (nSPS) is 21.1. The van der Waals surface area contributed by atoms with Gasteiger partial charge in [-0.2, -0.15) is 0 Å². The number of halogens is 2. The SMILES string of the molecule is C=C(C)C(=O)OCC(COC=O)CC1CCC(C2CCC(c3ccc(-c4ccc(CCCCC)cc4F)cc3F)CC2)CC1.C=C(C)CO. The Morgan fingerprint density at radius 2 is 1.57 bits per heavy atom. The number of benzene rings is 2. The van der Waals surface area contributed by atoms with Crippen LogP contribution in [0.2, 0.25) is 0 Å². The minimum absolute atomic E-state index is 0.00632. The second-order valence-electron chi connectivity index (χ2n) is 14.4. The van der Waals surface area contributed by atoms with Crippen molar-refractivity contribution in [1.29, 1.82) is 0 Å². The van der Waals surface area contributed by atoms with Gasteiger partial charge in [0.05, 0.1) is 19.8 Å². The molecule has 2 aliphatic carbocycles. The molecule has 0 aliphatic heterocycles. The van der Waals surface area contributed by atoms with Gasteiger partial charge in [-0.25, -0.2) is 13.6 Å². The molecule has 2 fully saturated rings. The lowest BCUT2D eigenvalue weighted by atomic mass is 9.67. The van der Waals surface area contributed by atoms with Crippen molar-refractivity contribution in [2.45, 2.75) is 110 Å². The van der Waals surface area contributed by atoms with E-state index >= 15 is 4.39 Å². The lowest BCUT2D eigenvalue weighted by Gasteiger charge is -2.38. The number of aliphatic hydroxyl groups is 1. The van der Waals surface area contributed by atoms with Crippen LogP contribution in [0.5, 0.6) is 0 Å². The molecule has 4 rings (SSSR count). The number of aliphatic hydroxyl groups excluding tert-OH is 1. The van der Waals surface area contributed by atoms with Crippen molar-refractivity contribution in [3.8, 4) is 11.1 Å². The standard InChI is InChI=1S/C38H50F2O4.C4H8O/c1-4-5-6-7-27-10-18-35(36(39)21-27)33-17-19-34(37(40)22-33)32-15-13-31(14-16-32)30-11-8-28(9-12-30)20-29(23-43-25-41)24-44-38(42)26(2)3;1-4(2)3-5/h10,17-19,21-22,25,28-32H,2,4-9,11-16,20,23-24H2,1,3H3;5H,1,3H2,2H3. The molecule has 49 heavy (non-hydrogen) atoms. The van der Waals surface area contributed by atoms with Crippen LogP contribution < -0.4 is 0 Å². The van der Waals surface area contributed by atoms with Crippen LogP contribution in [0.15, 0.2) is 60.7 Å². The molecule has 2 saturated carbocycles. The predicted octanol–water partition coefficient (Wildman–Crippen LogP) is 10.3. The van der Waals surface area contributed by atoms with Crippen LogP contribution in [0.4, 0.5) is 8.78 Å². The number of unbranched alkanes of at least 4 members (excludes halogenated alkanes) is 2. The Hall–Kier alpha value is -3.32. The maximum atomic E-state index is 15.4. The molecule has 0 bridgehead atoms. The summed E-state index contributed by atoms with van der Waals surface area (Å²) in [5.41, 5.74) is 4.00. The number of hydrogen-bond donors (Lipinski definition) is 1. The van der Waals surface area contributed by atoms with Crippen LogP contribution >= 0.6 is 0 Å². The Labute approximate surface area is 293 Å². The van der Waals surface area contributed by atoms with Crippen LogP contribution in [0, 0.1) is 35.3 Å². The molecule has 0 amide bonds. The Balaban J connectivity index is 0.00000121. The molecular formula is C42H58F2O5. The van der Waals surface area contributed by atoms with E-state index in [1.54, 1.807) is 26.0 Å². The Bertz CT molecular complexity index is 1350. The zero-order valence-corrected chi connectivity index (χ0v) is 30.0. The predicted molar refractivity (Wildman–Crippen MR) is 193 cm³/mol. The summed E-state index contributed by atoms with van der Waals surface area (Å²) in [4.78, 5) is 22.6. The highest BCUT2D eigenvalue weighted by Crippen LogP contribution is 2.45. The van der Waals surface area contributed by atoms with E-state index < -0.39 is 5.97 Å². The summed E-state index contributed by atoms with van der Waals surface area (Å²) >= 11 is 0. The first-order chi connectivity index (χ1) is 23.6. The number of carbonyl (C=O) groups excluding carboxylic acids is 2. The lowest BCUT2D eigenvalue weighted by molar-refractivity contribution is -0.142. The van der Waals surface area contributed by atoms with Crippen LogP contribution in [0.3, 0.4) is 0 Å². The van der Waals surface area contributed by atoms with Crippen molar-refractivity contribution in [1.82, 2.24) is 0 Å². The van der Waals surface area contributed by atoms with Gasteiger partial charge in [0.25, 0.3) is 6.47 Å². The summed E-state index contributed by atoms with van der Waals surface area (Å²) in [6.07, 6.45) is 13.9. The van der Waals surface area contributed by atoms with Gasteiger partial charge in [-0.1, -0.05) is 75.6 Å². The maximum absolute atomic E-state index is 15.4. The van der Waals surface area contributed by atoms with Gasteiger partial charge in [0.1, 0.15) is 11.6 Å². The fourth-order valence-electron chi connectivity index (χ4n) is 7.50. The van der Waals surface area contributed by atoms with Crippen molar-refractivity contribution in [2.75, 3.05) is 19.8 Å². The molecule has 7 heteroatoms. The van der Waals surface area contributed by atoms with Crippen molar-refractivity contribution in [2.24, 2.45) is 23.7 Å². The number of carbonyl (C=O) groups is 2. The molecule has 2 aromatic carbocycles. The Morgan fingerprint density at radius 3 is 2.12 bits per heavy atom. The first-order valence-electron chi connectivity index (χ1n) is 18.3. The van der Waals surface area contributed by atoms with Crippen molar-refractivity contribution < 1.29 is 33.0 Å². The highest BCUT2D eigenvalue weighted by atomic mass is 19.1. The average molecular weight is 681 g/mol. The van der Waals surface area contributed by atoms with Crippen LogP contribution in [0.1, 0.15) is 115 Å². The molecule has 270 valence electrons. The molecule has 1 atom stereocenters. The molecule has 0 aromatic heterocycles. The monoisotopic (exact) mass is 680 g/mol. The third-order valence-electron chi connectivity index (χ3n) is 10.3. The molecule has 5 nitrogen and oxygen atoms in total. The van der Waals surface area contributed by atoms with E-state index in [1.165, 1.54) is 18.9 Å². The van der Waals surface area contributed by atoms with Gasteiger partial charge in [0.2, 0.25) is 0 Å². The number of rotatable bonds is 16. The number of ether oxygens (including phenoxy) is 2. The van der Waals surface area contributed by atoms with Gasteiger partial charge in [-0.05, 0) is 124 Å². The van der Waals surface area contributed by atoms with Gasteiger partial charge >= 0.3 is 5.97 Å². The van der Waals surface area contributed by atoms with E-state index in [-0.39, 0.29) is 43.3 Å².